The molecule has 2 N–H and O–H groups in total. The molecule has 0 saturated carbocycles. The summed E-state index contributed by atoms with van der Waals surface area (Å²) in [5.74, 6) is 2.11. The Hall–Kier alpha value is -1.68. The molecule has 0 saturated heterocycles. The second-order valence-electron chi connectivity index (χ2n) is 3.82. The molecule has 2 rings (SSSR count). The Morgan fingerprint density at radius 2 is 2.00 bits per heavy atom. The lowest BCUT2D eigenvalue weighted by Gasteiger charge is -2.09. The van der Waals surface area contributed by atoms with Crippen LogP contribution in [0.3, 0.4) is 0 Å². The molecule has 3 nitrogen and oxygen atoms in total. The van der Waals surface area contributed by atoms with Crippen molar-refractivity contribution in [1.29, 1.82) is 0 Å². The molecule has 0 bridgehead atoms. The maximum atomic E-state index is 9.23. The molecule has 0 amide bonds. The number of phenolic OH excluding ortho intramolecular Hbond substituents is 1. The Morgan fingerprint density at radius 3 is 2.72 bits per heavy atom. The Bertz CT molecular complexity index is 499. The monoisotopic (exact) mass is 260 g/mol. The maximum Gasteiger partial charge on any atom is 0.129 e. The Labute approximate surface area is 111 Å². The largest absolute Gasteiger partial charge is 0.508 e. The van der Waals surface area contributed by atoms with Crippen molar-refractivity contribution in [2.75, 3.05) is 11.9 Å². The van der Waals surface area contributed by atoms with E-state index in [4.69, 9.17) is 0 Å². The lowest BCUT2D eigenvalue weighted by atomic mass is 10.3. The summed E-state index contributed by atoms with van der Waals surface area (Å²) in [4.78, 5) is 5.47. The molecule has 94 valence electrons. The third-order valence-electron chi connectivity index (χ3n) is 2.47. The van der Waals surface area contributed by atoms with Gasteiger partial charge in [-0.2, -0.15) is 0 Å². The smallest absolute Gasteiger partial charge is 0.129 e. The van der Waals surface area contributed by atoms with Crippen molar-refractivity contribution in [3.8, 4) is 5.75 Å². The van der Waals surface area contributed by atoms with Crippen molar-refractivity contribution in [3.63, 3.8) is 0 Å². The number of phenols is 1. The van der Waals surface area contributed by atoms with Crippen molar-refractivity contribution in [3.05, 3.63) is 48.2 Å². The normalized spacial score (nSPS) is 10.3. The van der Waals surface area contributed by atoms with Crippen LogP contribution in [-0.4, -0.2) is 16.6 Å². The highest BCUT2D eigenvalue weighted by Gasteiger charge is 2.03. The molecule has 0 spiro atoms. The summed E-state index contributed by atoms with van der Waals surface area (Å²) < 4.78 is 0. The zero-order valence-electron chi connectivity index (χ0n) is 10.3. The first-order valence-corrected chi connectivity index (χ1v) is 6.87. The van der Waals surface area contributed by atoms with E-state index in [2.05, 4.69) is 23.3 Å². The van der Waals surface area contributed by atoms with Crippen molar-refractivity contribution < 1.29 is 5.11 Å². The van der Waals surface area contributed by atoms with Gasteiger partial charge in [-0.05, 0) is 37.3 Å². The summed E-state index contributed by atoms with van der Waals surface area (Å²) in [6, 6.07) is 11.3. The zero-order chi connectivity index (χ0) is 12.8. The highest BCUT2D eigenvalue weighted by Crippen LogP contribution is 2.26. The lowest BCUT2D eigenvalue weighted by Crippen LogP contribution is -2.02. The second-order valence-corrected chi connectivity index (χ2v) is 4.87. The predicted molar refractivity (Wildman–Crippen MR) is 76.1 cm³/mol. The number of hydrogen-bond acceptors (Lipinski definition) is 4. The molecule has 0 aliphatic carbocycles. The number of nitrogens with one attached hydrogen (secondary N) is 1. The molecule has 4 heteroatoms. The molecule has 0 fully saturated rings. The van der Waals surface area contributed by atoms with Crippen LogP contribution in [0.1, 0.15) is 12.5 Å². The fourth-order valence-electron chi connectivity index (χ4n) is 1.59. The average Bonchev–Trinajstić information content (AvgIpc) is 2.40. The lowest BCUT2D eigenvalue weighted by molar-refractivity contribution is 0.475. The van der Waals surface area contributed by atoms with Gasteiger partial charge in [0, 0.05) is 29.0 Å². The van der Waals surface area contributed by atoms with Gasteiger partial charge in [0.15, 0.2) is 0 Å². The van der Waals surface area contributed by atoms with E-state index in [1.165, 1.54) is 5.56 Å². The number of rotatable bonds is 5. The molecule has 0 unspecified atom stereocenters. The number of nitrogens with zero attached hydrogens (tertiary/aromatic N) is 1. The molecule has 18 heavy (non-hydrogen) atoms. The van der Waals surface area contributed by atoms with E-state index < -0.39 is 0 Å². The van der Waals surface area contributed by atoms with E-state index in [0.717, 1.165) is 23.0 Å². The van der Waals surface area contributed by atoms with E-state index in [1.807, 2.05) is 18.2 Å². The van der Waals surface area contributed by atoms with Gasteiger partial charge in [-0.25, -0.2) is 4.98 Å². The third kappa shape index (κ3) is 3.40. The number of anilines is 1. The molecule has 2 aromatic rings. The Morgan fingerprint density at radius 1 is 1.22 bits per heavy atom. The summed E-state index contributed by atoms with van der Waals surface area (Å²) in [5, 5.41) is 12.5. The second kappa shape index (κ2) is 6.31. The van der Waals surface area contributed by atoms with Crippen molar-refractivity contribution in [2.24, 2.45) is 0 Å². The molecule has 0 atom stereocenters. The van der Waals surface area contributed by atoms with Crippen molar-refractivity contribution in [1.82, 2.24) is 4.98 Å². The summed E-state index contributed by atoms with van der Waals surface area (Å²) in [5.41, 5.74) is 1.19. The minimum Gasteiger partial charge on any atom is -0.508 e. The number of aromatic hydroxyl groups is 1. The van der Waals surface area contributed by atoms with Crippen LogP contribution in [-0.2, 0) is 5.75 Å². The maximum absolute atomic E-state index is 9.23. The third-order valence-corrected chi connectivity index (χ3v) is 3.53. The molecule has 1 aromatic heterocycles. The SMILES string of the molecule is CCNc1ncccc1CSc1ccc(O)cc1. The quantitative estimate of drug-likeness (QED) is 0.807. The Balaban J connectivity index is 2.03. The molecule has 1 heterocycles. The average molecular weight is 260 g/mol. The first-order valence-electron chi connectivity index (χ1n) is 5.89. The van der Waals surface area contributed by atoms with Crippen LogP contribution in [0.4, 0.5) is 5.82 Å². The van der Waals surface area contributed by atoms with Gasteiger partial charge in [0.2, 0.25) is 0 Å². The fourth-order valence-corrected chi connectivity index (χ4v) is 2.47. The molecule has 1 aromatic carbocycles. The number of hydrogen-bond donors (Lipinski definition) is 2. The highest BCUT2D eigenvalue weighted by atomic mass is 32.2. The zero-order valence-corrected chi connectivity index (χ0v) is 11.1. The van der Waals surface area contributed by atoms with Crippen LogP contribution in [0.25, 0.3) is 0 Å². The number of benzene rings is 1. The van der Waals surface area contributed by atoms with E-state index in [-0.39, 0.29) is 0 Å². The molecule has 0 aliphatic heterocycles. The van der Waals surface area contributed by atoms with Crippen molar-refractivity contribution >= 4 is 17.6 Å². The molecular weight excluding hydrogens is 244 g/mol. The summed E-state index contributed by atoms with van der Waals surface area (Å²) >= 11 is 1.73. The molecule has 0 radical (unpaired) electrons. The van der Waals surface area contributed by atoms with Gasteiger partial charge in [-0.15, -0.1) is 11.8 Å². The molecule has 0 aliphatic rings. The minimum absolute atomic E-state index is 0.300. The number of thioether (sulfide) groups is 1. The van der Waals surface area contributed by atoms with Crippen LogP contribution in [0, 0.1) is 0 Å². The van der Waals surface area contributed by atoms with Crippen LogP contribution in [0.5, 0.6) is 5.75 Å². The van der Waals surface area contributed by atoms with Gasteiger partial charge < -0.3 is 10.4 Å². The van der Waals surface area contributed by atoms with E-state index in [9.17, 15) is 5.11 Å². The van der Waals surface area contributed by atoms with Crippen molar-refractivity contribution in [2.45, 2.75) is 17.6 Å². The van der Waals surface area contributed by atoms with Gasteiger partial charge in [0.1, 0.15) is 11.6 Å². The van der Waals surface area contributed by atoms with Crippen LogP contribution >= 0.6 is 11.8 Å². The minimum atomic E-state index is 0.300. The highest BCUT2D eigenvalue weighted by molar-refractivity contribution is 7.98. The van der Waals surface area contributed by atoms with Gasteiger partial charge in [0.05, 0.1) is 0 Å². The number of aromatic nitrogens is 1. The fraction of sp³-hybridized carbons (Fsp3) is 0.214. The van der Waals surface area contributed by atoms with Crippen LogP contribution in [0.15, 0.2) is 47.5 Å². The topological polar surface area (TPSA) is 45.2 Å². The van der Waals surface area contributed by atoms with Gasteiger partial charge in [-0.1, -0.05) is 6.07 Å². The van der Waals surface area contributed by atoms with Crippen LogP contribution < -0.4 is 5.32 Å². The summed E-state index contributed by atoms with van der Waals surface area (Å²) in [6.45, 7) is 2.93. The first kappa shape index (κ1) is 12.8. The first-order chi connectivity index (χ1) is 8.79. The van der Waals surface area contributed by atoms with E-state index in [1.54, 1.807) is 30.1 Å². The van der Waals surface area contributed by atoms with E-state index >= 15 is 0 Å². The van der Waals surface area contributed by atoms with Crippen LogP contribution in [0.2, 0.25) is 0 Å². The predicted octanol–water partition coefficient (Wildman–Crippen LogP) is 3.51. The summed E-state index contributed by atoms with van der Waals surface area (Å²) in [6.07, 6.45) is 1.80. The summed E-state index contributed by atoms with van der Waals surface area (Å²) in [7, 11) is 0. The number of pyridine rings is 1. The molecular formula is C14H16N2OS. The standard InChI is InChI=1S/C14H16N2OS/c1-2-15-14-11(4-3-9-16-14)10-18-13-7-5-12(17)6-8-13/h3-9,17H,2,10H2,1H3,(H,15,16). The van der Waals surface area contributed by atoms with Gasteiger partial charge in [0.25, 0.3) is 0 Å². The van der Waals surface area contributed by atoms with Gasteiger partial charge in [-0.3, -0.25) is 0 Å². The van der Waals surface area contributed by atoms with Gasteiger partial charge >= 0.3 is 0 Å². The Kier molecular flexibility index (Phi) is 4.47. The van der Waals surface area contributed by atoms with E-state index in [0.29, 0.717) is 5.75 Å².